The van der Waals surface area contributed by atoms with Crippen molar-refractivity contribution in [2.45, 2.75) is 26.8 Å². The van der Waals surface area contributed by atoms with E-state index in [1.165, 1.54) is 13.8 Å². The summed E-state index contributed by atoms with van der Waals surface area (Å²) in [6.07, 6.45) is 3.28. The second-order valence-corrected chi connectivity index (χ2v) is 4.03. The van der Waals surface area contributed by atoms with Gasteiger partial charge in [0.15, 0.2) is 0 Å². The van der Waals surface area contributed by atoms with E-state index in [0.29, 0.717) is 0 Å². The number of amides is 1. The second-order valence-electron chi connectivity index (χ2n) is 4.03. The minimum absolute atomic E-state index is 0.0504. The SMILES string of the molecule is C/C(C(=O)O)=C(\C)C(=O)N[C@@H](C)c1ccncc1. The van der Waals surface area contributed by atoms with Crippen molar-refractivity contribution in [1.29, 1.82) is 0 Å². The molecule has 1 heterocycles. The zero-order valence-electron chi connectivity index (χ0n) is 10.6. The molecule has 0 radical (unpaired) electrons. The largest absolute Gasteiger partial charge is 0.478 e. The number of aliphatic carboxylic acids is 1. The number of hydrogen-bond donors (Lipinski definition) is 2. The molecule has 18 heavy (non-hydrogen) atoms. The van der Waals surface area contributed by atoms with Crippen LogP contribution in [0.25, 0.3) is 0 Å². The van der Waals surface area contributed by atoms with Crippen molar-refractivity contribution >= 4 is 11.9 Å². The number of hydrogen-bond acceptors (Lipinski definition) is 3. The maximum Gasteiger partial charge on any atom is 0.331 e. The standard InChI is InChI=1S/C13H16N2O3/c1-8(9(2)13(17)18)12(16)15-10(3)11-4-6-14-7-5-11/h4-7,10H,1-3H3,(H,15,16)(H,17,18)/b9-8-/t10-/m0/s1. The van der Waals surface area contributed by atoms with Gasteiger partial charge in [-0.25, -0.2) is 4.79 Å². The van der Waals surface area contributed by atoms with E-state index >= 15 is 0 Å². The number of aromatic nitrogens is 1. The van der Waals surface area contributed by atoms with Gasteiger partial charge >= 0.3 is 5.97 Å². The van der Waals surface area contributed by atoms with Gasteiger partial charge in [0.05, 0.1) is 6.04 Å². The van der Waals surface area contributed by atoms with Crippen LogP contribution >= 0.6 is 0 Å². The lowest BCUT2D eigenvalue weighted by molar-refractivity contribution is -0.133. The third kappa shape index (κ3) is 3.41. The smallest absolute Gasteiger partial charge is 0.331 e. The predicted octanol–water partition coefficient (Wildman–Crippen LogP) is 1.68. The summed E-state index contributed by atoms with van der Waals surface area (Å²) in [4.78, 5) is 26.5. The van der Waals surface area contributed by atoms with Crippen molar-refractivity contribution in [1.82, 2.24) is 10.3 Å². The Morgan fingerprint density at radius 2 is 1.78 bits per heavy atom. The zero-order valence-corrected chi connectivity index (χ0v) is 10.6. The summed E-state index contributed by atoms with van der Waals surface area (Å²) in [6, 6.07) is 3.40. The maximum absolute atomic E-state index is 11.8. The summed E-state index contributed by atoms with van der Waals surface area (Å²) in [5, 5.41) is 11.6. The zero-order chi connectivity index (χ0) is 13.7. The molecule has 0 saturated carbocycles. The fourth-order valence-corrected chi connectivity index (χ4v) is 1.37. The van der Waals surface area contributed by atoms with Crippen LogP contribution in [0.15, 0.2) is 35.7 Å². The fraction of sp³-hybridized carbons (Fsp3) is 0.308. The van der Waals surface area contributed by atoms with E-state index in [0.717, 1.165) is 5.56 Å². The normalized spacial score (nSPS) is 13.5. The van der Waals surface area contributed by atoms with Crippen LogP contribution in [0.4, 0.5) is 0 Å². The lowest BCUT2D eigenvalue weighted by Crippen LogP contribution is -2.28. The molecule has 0 aliphatic rings. The van der Waals surface area contributed by atoms with Crippen molar-refractivity contribution in [2.75, 3.05) is 0 Å². The lowest BCUT2D eigenvalue weighted by atomic mass is 10.1. The summed E-state index contributed by atoms with van der Waals surface area (Å²) in [5.41, 5.74) is 1.18. The van der Waals surface area contributed by atoms with Crippen LogP contribution in [0.1, 0.15) is 32.4 Å². The Balaban J connectivity index is 2.78. The third-order valence-electron chi connectivity index (χ3n) is 2.78. The number of carboxylic acid groups (broad SMARTS) is 1. The highest BCUT2D eigenvalue weighted by Crippen LogP contribution is 2.12. The first-order valence-electron chi connectivity index (χ1n) is 5.55. The Labute approximate surface area is 106 Å². The number of carbonyl (C=O) groups excluding carboxylic acids is 1. The molecule has 0 aromatic carbocycles. The van der Waals surface area contributed by atoms with Gasteiger partial charge < -0.3 is 10.4 Å². The molecule has 0 unspecified atom stereocenters. The first-order valence-corrected chi connectivity index (χ1v) is 5.55. The van der Waals surface area contributed by atoms with E-state index in [1.54, 1.807) is 24.5 Å². The third-order valence-corrected chi connectivity index (χ3v) is 2.78. The molecule has 1 atom stereocenters. The van der Waals surface area contributed by atoms with Crippen LogP contribution in [-0.4, -0.2) is 22.0 Å². The van der Waals surface area contributed by atoms with Crippen molar-refractivity contribution < 1.29 is 14.7 Å². The average molecular weight is 248 g/mol. The van der Waals surface area contributed by atoms with Crippen molar-refractivity contribution in [3.05, 3.63) is 41.2 Å². The Kier molecular flexibility index (Phi) is 4.59. The van der Waals surface area contributed by atoms with Gasteiger partial charge in [-0.2, -0.15) is 0 Å². The molecule has 5 nitrogen and oxygen atoms in total. The molecule has 1 aromatic heterocycles. The van der Waals surface area contributed by atoms with Gasteiger partial charge in [-0.3, -0.25) is 9.78 Å². The molecule has 0 spiro atoms. The molecule has 0 aliphatic carbocycles. The van der Waals surface area contributed by atoms with Crippen LogP contribution in [-0.2, 0) is 9.59 Å². The minimum Gasteiger partial charge on any atom is -0.478 e. The molecule has 5 heteroatoms. The lowest BCUT2D eigenvalue weighted by Gasteiger charge is -2.14. The number of nitrogens with zero attached hydrogens (tertiary/aromatic N) is 1. The summed E-state index contributed by atoms with van der Waals surface area (Å²) < 4.78 is 0. The van der Waals surface area contributed by atoms with Gasteiger partial charge in [-0.1, -0.05) is 0 Å². The molecule has 1 amide bonds. The Morgan fingerprint density at radius 3 is 2.28 bits per heavy atom. The maximum atomic E-state index is 11.8. The first-order chi connectivity index (χ1) is 8.43. The highest BCUT2D eigenvalue weighted by molar-refractivity contribution is 6.01. The molecule has 1 rings (SSSR count). The van der Waals surface area contributed by atoms with Gasteiger partial charge in [-0.15, -0.1) is 0 Å². The quantitative estimate of drug-likeness (QED) is 0.794. The van der Waals surface area contributed by atoms with Gasteiger partial charge in [-0.05, 0) is 38.5 Å². The highest BCUT2D eigenvalue weighted by atomic mass is 16.4. The Morgan fingerprint density at radius 1 is 1.22 bits per heavy atom. The second kappa shape index (κ2) is 5.95. The van der Waals surface area contributed by atoms with E-state index in [2.05, 4.69) is 10.3 Å². The van der Waals surface area contributed by atoms with Crippen LogP contribution in [0.2, 0.25) is 0 Å². The number of rotatable bonds is 4. The topological polar surface area (TPSA) is 79.3 Å². The Hall–Kier alpha value is -2.17. The van der Waals surface area contributed by atoms with Gasteiger partial charge in [0.2, 0.25) is 5.91 Å². The van der Waals surface area contributed by atoms with Crippen LogP contribution in [0, 0.1) is 0 Å². The van der Waals surface area contributed by atoms with E-state index < -0.39 is 5.97 Å². The first kappa shape index (κ1) is 13.9. The number of carboxylic acids is 1. The molecule has 2 N–H and O–H groups in total. The van der Waals surface area contributed by atoms with E-state index in [-0.39, 0.29) is 23.1 Å². The van der Waals surface area contributed by atoms with Crippen LogP contribution < -0.4 is 5.32 Å². The molecule has 0 bridgehead atoms. The summed E-state index contributed by atoms with van der Waals surface area (Å²) in [5.74, 6) is -1.46. The van der Waals surface area contributed by atoms with Gasteiger partial charge in [0, 0.05) is 23.5 Å². The molecular weight excluding hydrogens is 232 g/mol. The van der Waals surface area contributed by atoms with Crippen molar-refractivity contribution in [2.24, 2.45) is 0 Å². The monoisotopic (exact) mass is 248 g/mol. The van der Waals surface area contributed by atoms with E-state index in [9.17, 15) is 9.59 Å². The molecule has 0 aliphatic heterocycles. The fourth-order valence-electron chi connectivity index (χ4n) is 1.37. The summed E-state index contributed by atoms with van der Waals surface area (Å²) >= 11 is 0. The van der Waals surface area contributed by atoms with Gasteiger partial charge in [0.1, 0.15) is 0 Å². The van der Waals surface area contributed by atoms with E-state index in [4.69, 9.17) is 5.11 Å². The number of pyridine rings is 1. The van der Waals surface area contributed by atoms with E-state index in [1.807, 2.05) is 6.92 Å². The molecular formula is C13H16N2O3. The summed E-state index contributed by atoms with van der Waals surface area (Å²) in [6.45, 7) is 4.74. The molecule has 0 saturated heterocycles. The molecule has 96 valence electrons. The van der Waals surface area contributed by atoms with Crippen LogP contribution in [0.5, 0.6) is 0 Å². The highest BCUT2D eigenvalue weighted by Gasteiger charge is 2.15. The van der Waals surface area contributed by atoms with Crippen molar-refractivity contribution in [3.8, 4) is 0 Å². The average Bonchev–Trinajstić information content (AvgIpc) is 2.37. The minimum atomic E-state index is -1.08. The van der Waals surface area contributed by atoms with Gasteiger partial charge in [0.25, 0.3) is 0 Å². The number of carbonyl (C=O) groups is 2. The molecule has 0 fully saturated rings. The van der Waals surface area contributed by atoms with Crippen molar-refractivity contribution in [3.63, 3.8) is 0 Å². The summed E-state index contributed by atoms with van der Waals surface area (Å²) in [7, 11) is 0. The Bertz CT molecular complexity index is 480. The predicted molar refractivity (Wildman–Crippen MR) is 66.8 cm³/mol. The molecule has 1 aromatic rings. The van der Waals surface area contributed by atoms with Crippen LogP contribution in [0.3, 0.4) is 0 Å². The number of nitrogens with one attached hydrogen (secondary N) is 1.